The smallest absolute Gasteiger partial charge is 0.134 e. The highest BCUT2D eigenvalue weighted by Gasteiger charge is 2.21. The van der Waals surface area contributed by atoms with Crippen molar-refractivity contribution in [1.82, 2.24) is 17.5 Å². The lowest BCUT2D eigenvalue weighted by atomic mass is 10.0. The normalized spacial score (nSPS) is 12.1. The Morgan fingerprint density at radius 1 is 0.552 bits per heavy atom. The summed E-state index contributed by atoms with van der Waals surface area (Å²) in [5.41, 5.74) is 3.56. The molecule has 2 aromatic carbocycles. The zero-order valence-electron chi connectivity index (χ0n) is 14.4. The van der Waals surface area contributed by atoms with Crippen LogP contribution in [0.2, 0.25) is 0 Å². The molecule has 0 aliphatic rings. The van der Waals surface area contributed by atoms with Crippen molar-refractivity contribution in [2.45, 2.75) is 0 Å². The van der Waals surface area contributed by atoms with Crippen molar-refractivity contribution in [1.29, 1.82) is 0 Å². The minimum Gasteiger partial charge on any atom is -0.172 e. The molecule has 7 aromatic rings. The van der Waals surface area contributed by atoms with Gasteiger partial charge in [-0.3, -0.25) is 0 Å². The first-order chi connectivity index (χ1) is 14.4. The fourth-order valence-electron chi connectivity index (χ4n) is 3.80. The van der Waals surface area contributed by atoms with Gasteiger partial charge in [0.1, 0.15) is 22.1 Å². The largest absolute Gasteiger partial charge is 0.172 e. The van der Waals surface area contributed by atoms with Crippen LogP contribution in [0.25, 0.3) is 63.1 Å². The molecule has 0 saturated heterocycles. The van der Waals surface area contributed by atoms with Gasteiger partial charge in [-0.2, -0.15) is 17.5 Å². The molecule has 0 fully saturated rings. The molecule has 0 unspecified atom stereocenters. The van der Waals surface area contributed by atoms with Crippen molar-refractivity contribution in [2.75, 3.05) is 0 Å². The number of benzene rings is 2. The summed E-state index contributed by atoms with van der Waals surface area (Å²) in [5, 5.41) is 9.03. The van der Waals surface area contributed by atoms with Gasteiger partial charge in [-0.15, -0.1) is 34.0 Å². The molecule has 0 aliphatic heterocycles. The second-order valence-electron chi connectivity index (χ2n) is 6.58. The van der Waals surface area contributed by atoms with E-state index < -0.39 is 0 Å². The summed E-state index contributed by atoms with van der Waals surface area (Å²) >= 11 is 7.91. The summed E-state index contributed by atoms with van der Waals surface area (Å²) in [6.07, 6.45) is 0. The molecule has 0 spiro atoms. The van der Waals surface area contributed by atoms with Crippen molar-refractivity contribution in [3.05, 3.63) is 47.2 Å². The highest BCUT2D eigenvalue weighted by Crippen LogP contribution is 2.48. The Kier molecular flexibility index (Phi) is 3.47. The second-order valence-corrected chi connectivity index (χ2v) is 10.6. The van der Waals surface area contributed by atoms with Crippen LogP contribution in [-0.2, 0) is 0 Å². The third-order valence-corrected chi connectivity index (χ3v) is 9.43. The average molecular weight is 465 g/mol. The number of rotatable bonds is 2. The van der Waals surface area contributed by atoms with E-state index in [4.69, 9.17) is 0 Å². The number of fused-ring (bicyclic) bond motifs is 7. The molecule has 29 heavy (non-hydrogen) atoms. The SMILES string of the molecule is c1csc(-c2sc(-c3cccs3)c3cc4c(cc23)c2nsnc2c2nsnc42)c1. The Morgan fingerprint density at radius 3 is 1.48 bits per heavy atom. The quantitative estimate of drug-likeness (QED) is 0.265. The van der Waals surface area contributed by atoms with E-state index in [2.05, 4.69) is 64.7 Å². The maximum absolute atomic E-state index is 4.61. The van der Waals surface area contributed by atoms with E-state index in [9.17, 15) is 0 Å². The predicted molar refractivity (Wildman–Crippen MR) is 128 cm³/mol. The molecule has 5 aromatic heterocycles. The van der Waals surface area contributed by atoms with E-state index in [1.165, 1.54) is 53.7 Å². The van der Waals surface area contributed by atoms with E-state index in [1.54, 1.807) is 22.7 Å². The van der Waals surface area contributed by atoms with Gasteiger partial charge in [-0.05, 0) is 35.0 Å². The first-order valence-corrected chi connectivity index (χ1v) is 12.8. The van der Waals surface area contributed by atoms with Crippen LogP contribution >= 0.6 is 57.5 Å². The highest BCUT2D eigenvalue weighted by molar-refractivity contribution is 7.27. The van der Waals surface area contributed by atoms with E-state index in [0.717, 1.165) is 32.8 Å². The van der Waals surface area contributed by atoms with Crippen molar-refractivity contribution in [3.8, 4) is 19.5 Å². The van der Waals surface area contributed by atoms with Crippen LogP contribution in [0.4, 0.5) is 0 Å². The molecule has 7 rings (SSSR count). The zero-order valence-corrected chi connectivity index (χ0v) is 18.5. The van der Waals surface area contributed by atoms with Crippen molar-refractivity contribution >= 4 is 101 Å². The van der Waals surface area contributed by atoms with Crippen molar-refractivity contribution < 1.29 is 0 Å². The minimum absolute atomic E-state index is 0.858. The molecule has 5 heterocycles. The van der Waals surface area contributed by atoms with Gasteiger partial charge in [0.15, 0.2) is 0 Å². The molecule has 0 N–H and O–H groups in total. The maximum atomic E-state index is 4.61. The molecule has 0 amide bonds. The van der Waals surface area contributed by atoms with Crippen LogP contribution < -0.4 is 0 Å². The Bertz CT molecular complexity index is 1530. The summed E-state index contributed by atoms with van der Waals surface area (Å²) in [6, 6.07) is 13.2. The highest BCUT2D eigenvalue weighted by atomic mass is 32.1. The van der Waals surface area contributed by atoms with Gasteiger partial charge in [0.05, 0.1) is 33.2 Å². The van der Waals surface area contributed by atoms with Gasteiger partial charge in [-0.25, -0.2) is 0 Å². The van der Waals surface area contributed by atoms with E-state index >= 15 is 0 Å². The lowest BCUT2D eigenvalue weighted by molar-refractivity contribution is 1.64. The third kappa shape index (κ3) is 2.27. The Hall–Kier alpha value is -2.30. The van der Waals surface area contributed by atoms with Gasteiger partial charge in [0, 0.05) is 31.3 Å². The summed E-state index contributed by atoms with van der Waals surface area (Å²) in [7, 11) is 0. The van der Waals surface area contributed by atoms with E-state index in [1.807, 2.05) is 11.3 Å². The fraction of sp³-hybridized carbons (Fsp3) is 0. The standard InChI is InChI=1S/C20H8N4S5/c1-3-13(25-5-1)19-11-7-9-10(8-12(11)20(27-19)14-4-2-6-26-14)16-18(24-29-22-16)17-15(9)21-28-23-17/h1-8H. The minimum atomic E-state index is 0.858. The molecule has 0 radical (unpaired) electrons. The van der Waals surface area contributed by atoms with Crippen LogP contribution in [-0.4, -0.2) is 17.5 Å². The van der Waals surface area contributed by atoms with Gasteiger partial charge in [0.2, 0.25) is 0 Å². The van der Waals surface area contributed by atoms with E-state index in [-0.39, 0.29) is 0 Å². The van der Waals surface area contributed by atoms with Gasteiger partial charge < -0.3 is 0 Å². The third-order valence-electron chi connectivity index (χ3n) is 5.05. The summed E-state index contributed by atoms with van der Waals surface area (Å²) in [6.45, 7) is 0. The Morgan fingerprint density at radius 2 is 1.03 bits per heavy atom. The molecular weight excluding hydrogens is 457 g/mol. The molecule has 0 bridgehead atoms. The number of aromatic nitrogens is 4. The van der Waals surface area contributed by atoms with Gasteiger partial charge >= 0.3 is 0 Å². The lowest BCUT2D eigenvalue weighted by Gasteiger charge is -2.03. The molecule has 0 atom stereocenters. The summed E-state index contributed by atoms with van der Waals surface area (Å²) in [4.78, 5) is 5.22. The first-order valence-electron chi connectivity index (χ1n) is 8.73. The fourth-order valence-corrected chi connectivity index (χ4v) is 7.92. The maximum Gasteiger partial charge on any atom is 0.134 e. The zero-order chi connectivity index (χ0) is 18.9. The van der Waals surface area contributed by atoms with Crippen molar-refractivity contribution in [2.24, 2.45) is 0 Å². The van der Waals surface area contributed by atoms with Crippen LogP contribution in [0.5, 0.6) is 0 Å². The molecule has 0 aliphatic carbocycles. The average Bonchev–Trinajstić information content (AvgIpc) is 3.56. The Labute approximate surface area is 184 Å². The van der Waals surface area contributed by atoms with Crippen LogP contribution in [0, 0.1) is 0 Å². The topological polar surface area (TPSA) is 51.6 Å². The summed E-state index contributed by atoms with van der Waals surface area (Å²) < 4.78 is 18.2. The molecule has 0 saturated carbocycles. The lowest BCUT2D eigenvalue weighted by Crippen LogP contribution is -1.82. The summed E-state index contributed by atoms with van der Waals surface area (Å²) in [5.74, 6) is 0. The second kappa shape index (κ2) is 6.10. The number of hydrogen-bond donors (Lipinski definition) is 0. The van der Waals surface area contributed by atoms with Crippen LogP contribution in [0.15, 0.2) is 47.2 Å². The van der Waals surface area contributed by atoms with Gasteiger partial charge in [0.25, 0.3) is 0 Å². The number of hydrogen-bond acceptors (Lipinski definition) is 9. The monoisotopic (exact) mass is 464 g/mol. The molecule has 9 heteroatoms. The van der Waals surface area contributed by atoms with Crippen molar-refractivity contribution in [3.63, 3.8) is 0 Å². The molecule has 4 nitrogen and oxygen atoms in total. The molecular formula is C20H8N4S5. The number of thiophene rings is 3. The number of nitrogens with zero attached hydrogens (tertiary/aromatic N) is 4. The van der Waals surface area contributed by atoms with Crippen LogP contribution in [0.3, 0.4) is 0 Å². The Balaban J connectivity index is 1.72. The molecule has 138 valence electrons. The van der Waals surface area contributed by atoms with E-state index in [0.29, 0.717) is 0 Å². The van der Waals surface area contributed by atoms with Gasteiger partial charge in [-0.1, -0.05) is 12.1 Å². The van der Waals surface area contributed by atoms with Crippen LogP contribution in [0.1, 0.15) is 0 Å². The predicted octanol–water partition coefficient (Wildman–Crippen LogP) is 7.52. The first kappa shape index (κ1) is 16.5.